The van der Waals surface area contributed by atoms with Crippen molar-refractivity contribution in [1.82, 2.24) is 0 Å². The maximum atomic E-state index is 5.34. The Bertz CT molecular complexity index is 328. The van der Waals surface area contributed by atoms with Gasteiger partial charge in [0.15, 0.2) is 0 Å². The molecule has 0 amide bonds. The molecule has 0 saturated heterocycles. The summed E-state index contributed by atoms with van der Waals surface area (Å²) in [5.74, 6) is 0.901. The third-order valence-electron chi connectivity index (χ3n) is 2.65. The first-order chi connectivity index (χ1) is 7.71. The van der Waals surface area contributed by atoms with Crippen LogP contribution in [0.15, 0.2) is 22.7 Å². The Morgan fingerprint density at radius 2 is 2.12 bits per heavy atom. The lowest BCUT2D eigenvalue weighted by atomic mass is 10.1. The fraction of sp³-hybridized carbons (Fsp3) is 0.538. The number of nitrogens with one attached hydrogen (secondary N) is 1. The van der Waals surface area contributed by atoms with Crippen LogP contribution in [0.4, 0.5) is 5.69 Å². The lowest BCUT2D eigenvalue weighted by molar-refractivity contribution is 0.415. The number of hydrogen-bond acceptors (Lipinski definition) is 2. The maximum Gasteiger partial charge on any atom is 0.142 e. The van der Waals surface area contributed by atoms with Gasteiger partial charge in [-0.25, -0.2) is 0 Å². The smallest absolute Gasteiger partial charge is 0.142 e. The molecule has 0 fully saturated rings. The largest absolute Gasteiger partial charge is 0.495 e. The molecule has 0 heterocycles. The van der Waals surface area contributed by atoms with Crippen LogP contribution in [-0.4, -0.2) is 13.2 Å². The van der Waals surface area contributed by atoms with Crippen LogP contribution in [0.5, 0.6) is 5.75 Å². The molecule has 3 heteroatoms. The van der Waals surface area contributed by atoms with Crippen molar-refractivity contribution in [2.45, 2.75) is 39.2 Å². The number of methoxy groups -OCH3 is 1. The monoisotopic (exact) mass is 285 g/mol. The van der Waals surface area contributed by atoms with Gasteiger partial charge in [0.2, 0.25) is 0 Å². The van der Waals surface area contributed by atoms with Crippen LogP contribution in [0.25, 0.3) is 0 Å². The summed E-state index contributed by atoms with van der Waals surface area (Å²) in [7, 11) is 1.70. The zero-order valence-electron chi connectivity index (χ0n) is 10.2. The van der Waals surface area contributed by atoms with E-state index in [1.165, 1.54) is 12.8 Å². The highest BCUT2D eigenvalue weighted by Gasteiger charge is 2.09. The molecule has 1 rings (SSSR count). The lowest BCUT2D eigenvalue weighted by Crippen LogP contribution is -2.18. The quantitative estimate of drug-likeness (QED) is 0.834. The molecule has 0 spiro atoms. The van der Waals surface area contributed by atoms with Gasteiger partial charge in [0.1, 0.15) is 5.75 Å². The van der Waals surface area contributed by atoms with Crippen molar-refractivity contribution in [1.29, 1.82) is 0 Å². The molecule has 1 unspecified atom stereocenters. The third-order valence-corrected chi connectivity index (χ3v) is 3.14. The van der Waals surface area contributed by atoms with Crippen molar-refractivity contribution in [3.63, 3.8) is 0 Å². The molecule has 2 nitrogen and oxygen atoms in total. The van der Waals surface area contributed by atoms with Gasteiger partial charge in [-0.2, -0.15) is 0 Å². The van der Waals surface area contributed by atoms with Crippen LogP contribution >= 0.6 is 15.9 Å². The zero-order chi connectivity index (χ0) is 12.0. The highest BCUT2D eigenvalue weighted by atomic mass is 79.9. The van der Waals surface area contributed by atoms with Crippen LogP contribution < -0.4 is 10.1 Å². The first-order valence-corrected chi connectivity index (χ1v) is 6.60. The highest BCUT2D eigenvalue weighted by Crippen LogP contribution is 2.29. The second kappa shape index (κ2) is 6.79. The van der Waals surface area contributed by atoms with Gasteiger partial charge in [0, 0.05) is 10.5 Å². The predicted molar refractivity (Wildman–Crippen MR) is 73.3 cm³/mol. The van der Waals surface area contributed by atoms with Crippen LogP contribution in [0, 0.1) is 0 Å². The molecule has 0 aromatic heterocycles. The van der Waals surface area contributed by atoms with E-state index in [0.29, 0.717) is 6.04 Å². The minimum Gasteiger partial charge on any atom is -0.495 e. The Labute approximate surface area is 107 Å². The van der Waals surface area contributed by atoms with Crippen molar-refractivity contribution in [2.24, 2.45) is 0 Å². The predicted octanol–water partition coefficient (Wildman–Crippen LogP) is 4.45. The maximum absolute atomic E-state index is 5.34. The molecular formula is C13H20BrNO. The molecule has 0 aliphatic carbocycles. The number of hydrogen-bond donors (Lipinski definition) is 1. The van der Waals surface area contributed by atoms with Crippen molar-refractivity contribution < 1.29 is 4.74 Å². The minimum atomic E-state index is 0.521. The number of halogens is 1. The second-order valence-electron chi connectivity index (χ2n) is 3.88. The van der Waals surface area contributed by atoms with E-state index in [-0.39, 0.29) is 0 Å². The van der Waals surface area contributed by atoms with E-state index in [1.54, 1.807) is 7.11 Å². The van der Waals surface area contributed by atoms with Gasteiger partial charge in [-0.15, -0.1) is 0 Å². The number of ether oxygens (including phenoxy) is 1. The van der Waals surface area contributed by atoms with Gasteiger partial charge in [0.05, 0.1) is 12.8 Å². The summed E-state index contributed by atoms with van der Waals surface area (Å²) in [6.45, 7) is 4.42. The Kier molecular flexibility index (Phi) is 5.67. The molecule has 0 radical (unpaired) electrons. The van der Waals surface area contributed by atoms with Crippen molar-refractivity contribution in [3.05, 3.63) is 22.7 Å². The SMILES string of the molecule is CCCC(CC)Nc1cc(Br)ccc1OC. The summed E-state index contributed by atoms with van der Waals surface area (Å²) in [5, 5.41) is 3.53. The average molecular weight is 286 g/mol. The molecule has 1 aromatic carbocycles. The number of benzene rings is 1. The molecule has 1 N–H and O–H groups in total. The Morgan fingerprint density at radius 1 is 1.38 bits per heavy atom. The molecule has 1 atom stereocenters. The molecule has 16 heavy (non-hydrogen) atoms. The van der Waals surface area contributed by atoms with E-state index in [9.17, 15) is 0 Å². The van der Waals surface area contributed by atoms with Gasteiger partial charge in [-0.3, -0.25) is 0 Å². The summed E-state index contributed by atoms with van der Waals surface area (Å²) in [6, 6.07) is 6.56. The number of anilines is 1. The van der Waals surface area contributed by atoms with Gasteiger partial charge in [-0.05, 0) is 31.0 Å². The van der Waals surface area contributed by atoms with E-state index in [4.69, 9.17) is 4.74 Å². The first-order valence-electron chi connectivity index (χ1n) is 5.81. The zero-order valence-corrected chi connectivity index (χ0v) is 11.8. The van der Waals surface area contributed by atoms with Crippen molar-refractivity contribution >= 4 is 21.6 Å². The Morgan fingerprint density at radius 3 is 2.69 bits per heavy atom. The van der Waals surface area contributed by atoms with Crippen molar-refractivity contribution in [2.75, 3.05) is 12.4 Å². The van der Waals surface area contributed by atoms with Crippen LogP contribution in [-0.2, 0) is 0 Å². The van der Waals surface area contributed by atoms with Crippen LogP contribution in [0.2, 0.25) is 0 Å². The highest BCUT2D eigenvalue weighted by molar-refractivity contribution is 9.10. The Hall–Kier alpha value is -0.700. The van der Waals surface area contributed by atoms with E-state index in [2.05, 4.69) is 41.2 Å². The van der Waals surface area contributed by atoms with Crippen molar-refractivity contribution in [3.8, 4) is 5.75 Å². The fourth-order valence-corrected chi connectivity index (χ4v) is 2.10. The third kappa shape index (κ3) is 3.71. The van der Waals surface area contributed by atoms with E-state index < -0.39 is 0 Å². The molecule has 0 aliphatic rings. The van der Waals surface area contributed by atoms with E-state index in [0.717, 1.165) is 22.3 Å². The van der Waals surface area contributed by atoms with Gasteiger partial charge < -0.3 is 10.1 Å². The van der Waals surface area contributed by atoms with E-state index >= 15 is 0 Å². The fourth-order valence-electron chi connectivity index (χ4n) is 1.74. The molecular weight excluding hydrogens is 266 g/mol. The Balaban J connectivity index is 2.80. The number of rotatable bonds is 6. The van der Waals surface area contributed by atoms with Gasteiger partial charge in [0.25, 0.3) is 0 Å². The molecule has 1 aromatic rings. The molecule has 90 valence electrons. The van der Waals surface area contributed by atoms with Crippen LogP contribution in [0.3, 0.4) is 0 Å². The second-order valence-corrected chi connectivity index (χ2v) is 4.80. The minimum absolute atomic E-state index is 0.521. The average Bonchev–Trinajstić information content (AvgIpc) is 2.29. The summed E-state index contributed by atoms with van der Waals surface area (Å²) >= 11 is 3.48. The molecule has 0 aliphatic heterocycles. The molecule has 0 bridgehead atoms. The first kappa shape index (κ1) is 13.4. The van der Waals surface area contributed by atoms with E-state index in [1.807, 2.05) is 12.1 Å². The summed E-state index contributed by atoms with van der Waals surface area (Å²) in [5.41, 5.74) is 1.07. The van der Waals surface area contributed by atoms with Gasteiger partial charge >= 0.3 is 0 Å². The topological polar surface area (TPSA) is 21.3 Å². The standard InChI is InChI=1S/C13H20BrNO/c1-4-6-11(5-2)15-12-9-10(14)7-8-13(12)16-3/h7-9,11,15H,4-6H2,1-3H3. The summed E-state index contributed by atoms with van der Waals surface area (Å²) < 4.78 is 6.41. The summed E-state index contributed by atoms with van der Waals surface area (Å²) in [4.78, 5) is 0. The normalized spacial score (nSPS) is 12.2. The van der Waals surface area contributed by atoms with Crippen LogP contribution in [0.1, 0.15) is 33.1 Å². The lowest BCUT2D eigenvalue weighted by Gasteiger charge is -2.19. The van der Waals surface area contributed by atoms with Gasteiger partial charge in [-0.1, -0.05) is 36.2 Å². The molecule has 0 saturated carbocycles. The summed E-state index contributed by atoms with van der Waals surface area (Å²) in [6.07, 6.45) is 3.51.